The average Bonchev–Trinajstić information content (AvgIpc) is 3.22. The van der Waals surface area contributed by atoms with E-state index >= 15 is 0 Å². The number of anilines is 5. The van der Waals surface area contributed by atoms with Gasteiger partial charge in [-0.1, -0.05) is 12.1 Å². The first-order valence-electron chi connectivity index (χ1n) is 9.78. The molecule has 0 bridgehead atoms. The number of nitrogens with two attached hydrogens (primary N) is 2. The Morgan fingerprint density at radius 2 is 1.83 bits per heavy atom. The average molecular weight is 390 g/mol. The second kappa shape index (κ2) is 7.50. The van der Waals surface area contributed by atoms with E-state index in [1.54, 1.807) is 13.2 Å². The van der Waals surface area contributed by atoms with E-state index in [0.717, 1.165) is 35.6 Å². The van der Waals surface area contributed by atoms with Gasteiger partial charge in [0.1, 0.15) is 0 Å². The van der Waals surface area contributed by atoms with Crippen LogP contribution in [0.25, 0.3) is 11.3 Å². The minimum atomic E-state index is -0.211. The molecule has 0 spiro atoms. The zero-order chi connectivity index (χ0) is 20.5. The van der Waals surface area contributed by atoms with Crippen LogP contribution in [0.15, 0.2) is 47.4 Å². The third kappa shape index (κ3) is 3.63. The highest BCUT2D eigenvalue weighted by Gasteiger charge is 2.16. The summed E-state index contributed by atoms with van der Waals surface area (Å²) in [5.41, 5.74) is 17.8. The van der Waals surface area contributed by atoms with Crippen molar-refractivity contribution in [1.29, 1.82) is 0 Å². The van der Waals surface area contributed by atoms with Crippen LogP contribution in [0, 0.1) is 6.92 Å². The standard InChI is InChI=1S/C22H26N6O/c1-14-16(6-5-7-17(14)23)19-13-27(2)22(29)21(26-19)25-15-8-9-20(18(24)12-15)28-10-3-4-11-28/h5-9,12-13H,3-4,10-11,23-24H2,1-2H3,(H,25,26). The van der Waals surface area contributed by atoms with E-state index in [2.05, 4.69) is 15.2 Å². The molecule has 1 aromatic heterocycles. The zero-order valence-electron chi connectivity index (χ0n) is 16.8. The lowest BCUT2D eigenvalue weighted by Gasteiger charge is -2.20. The quantitative estimate of drug-likeness (QED) is 0.591. The van der Waals surface area contributed by atoms with Crippen molar-refractivity contribution in [3.8, 4) is 11.3 Å². The molecule has 0 amide bonds. The molecule has 1 aliphatic rings. The minimum Gasteiger partial charge on any atom is -0.398 e. The molecule has 7 heteroatoms. The third-order valence-electron chi connectivity index (χ3n) is 5.46. The Hall–Kier alpha value is -3.48. The van der Waals surface area contributed by atoms with E-state index in [1.807, 2.05) is 43.3 Å². The van der Waals surface area contributed by atoms with Crippen LogP contribution < -0.4 is 27.2 Å². The summed E-state index contributed by atoms with van der Waals surface area (Å²) in [6.45, 7) is 4.00. The number of rotatable bonds is 4. The van der Waals surface area contributed by atoms with Gasteiger partial charge in [0.05, 0.1) is 17.1 Å². The minimum absolute atomic E-state index is 0.211. The Labute approximate surface area is 170 Å². The van der Waals surface area contributed by atoms with Gasteiger partial charge >= 0.3 is 0 Å². The number of nitrogens with zero attached hydrogens (tertiary/aromatic N) is 3. The van der Waals surface area contributed by atoms with Gasteiger partial charge in [0.15, 0.2) is 5.82 Å². The van der Waals surface area contributed by atoms with Gasteiger partial charge in [-0.2, -0.15) is 0 Å². The van der Waals surface area contributed by atoms with Gasteiger partial charge in [0, 0.05) is 43.3 Å². The number of benzene rings is 2. The molecule has 1 saturated heterocycles. The molecule has 0 radical (unpaired) electrons. The van der Waals surface area contributed by atoms with Crippen molar-refractivity contribution in [2.45, 2.75) is 19.8 Å². The molecule has 5 N–H and O–H groups in total. The van der Waals surface area contributed by atoms with Crippen molar-refractivity contribution >= 4 is 28.6 Å². The largest absolute Gasteiger partial charge is 0.398 e. The maximum absolute atomic E-state index is 12.6. The van der Waals surface area contributed by atoms with Gasteiger partial charge < -0.3 is 26.3 Å². The lowest BCUT2D eigenvalue weighted by molar-refractivity contribution is 0.848. The summed E-state index contributed by atoms with van der Waals surface area (Å²) in [6, 6.07) is 11.5. The molecule has 0 unspecified atom stereocenters. The molecule has 3 aromatic rings. The van der Waals surface area contributed by atoms with Crippen LogP contribution in [-0.4, -0.2) is 22.6 Å². The van der Waals surface area contributed by atoms with Gasteiger partial charge in [0.2, 0.25) is 0 Å². The number of hydrogen-bond donors (Lipinski definition) is 3. The van der Waals surface area contributed by atoms with Crippen LogP contribution in [-0.2, 0) is 7.05 Å². The van der Waals surface area contributed by atoms with Crippen molar-refractivity contribution in [3.63, 3.8) is 0 Å². The molecule has 0 saturated carbocycles. The van der Waals surface area contributed by atoms with E-state index in [-0.39, 0.29) is 11.4 Å². The second-order valence-electron chi connectivity index (χ2n) is 7.50. The zero-order valence-corrected chi connectivity index (χ0v) is 16.8. The summed E-state index contributed by atoms with van der Waals surface area (Å²) in [5, 5.41) is 3.14. The van der Waals surface area contributed by atoms with E-state index in [4.69, 9.17) is 11.5 Å². The fourth-order valence-corrected chi connectivity index (χ4v) is 3.76. The molecule has 4 rings (SSSR count). The fraction of sp³-hybridized carbons (Fsp3) is 0.273. The van der Waals surface area contributed by atoms with Gasteiger partial charge in [-0.25, -0.2) is 4.98 Å². The summed E-state index contributed by atoms with van der Waals surface area (Å²) in [4.78, 5) is 19.5. The van der Waals surface area contributed by atoms with Crippen LogP contribution >= 0.6 is 0 Å². The first-order chi connectivity index (χ1) is 13.9. The van der Waals surface area contributed by atoms with Crippen molar-refractivity contribution < 1.29 is 0 Å². The van der Waals surface area contributed by atoms with Crippen molar-refractivity contribution in [1.82, 2.24) is 9.55 Å². The number of hydrogen-bond acceptors (Lipinski definition) is 6. The second-order valence-corrected chi connectivity index (χ2v) is 7.50. The number of aromatic nitrogens is 2. The van der Waals surface area contributed by atoms with E-state index in [9.17, 15) is 4.79 Å². The summed E-state index contributed by atoms with van der Waals surface area (Å²) >= 11 is 0. The smallest absolute Gasteiger partial charge is 0.293 e. The van der Waals surface area contributed by atoms with Crippen LogP contribution in [0.3, 0.4) is 0 Å². The van der Waals surface area contributed by atoms with Crippen LogP contribution in [0.4, 0.5) is 28.6 Å². The molecule has 0 aliphatic carbocycles. The van der Waals surface area contributed by atoms with Gasteiger partial charge in [-0.15, -0.1) is 0 Å². The SMILES string of the molecule is Cc1c(N)cccc1-c1cn(C)c(=O)c(Nc2ccc(N3CCCC3)c(N)c2)n1. The molecule has 1 fully saturated rings. The lowest BCUT2D eigenvalue weighted by Crippen LogP contribution is -2.22. The normalized spacial score (nSPS) is 13.7. The van der Waals surface area contributed by atoms with Crippen LogP contribution in [0.1, 0.15) is 18.4 Å². The molecule has 150 valence electrons. The Morgan fingerprint density at radius 3 is 2.55 bits per heavy atom. The summed E-state index contributed by atoms with van der Waals surface area (Å²) in [6.07, 6.45) is 4.10. The van der Waals surface area contributed by atoms with Crippen molar-refractivity contribution in [3.05, 3.63) is 58.5 Å². The molecular formula is C22H26N6O. The molecular weight excluding hydrogens is 364 g/mol. The van der Waals surface area contributed by atoms with E-state index < -0.39 is 0 Å². The monoisotopic (exact) mass is 390 g/mol. The summed E-state index contributed by atoms with van der Waals surface area (Å²) < 4.78 is 1.52. The highest BCUT2D eigenvalue weighted by molar-refractivity contribution is 5.75. The molecule has 1 aliphatic heterocycles. The van der Waals surface area contributed by atoms with E-state index in [0.29, 0.717) is 17.1 Å². The Balaban J connectivity index is 1.68. The molecule has 7 nitrogen and oxygen atoms in total. The van der Waals surface area contributed by atoms with Gasteiger partial charge in [-0.05, 0) is 49.6 Å². The Kier molecular flexibility index (Phi) is 4.88. The number of nitrogen functional groups attached to an aromatic ring is 2. The maximum Gasteiger partial charge on any atom is 0.293 e. The molecule has 2 heterocycles. The lowest BCUT2D eigenvalue weighted by atomic mass is 10.0. The number of nitrogens with one attached hydrogen (secondary N) is 1. The predicted octanol–water partition coefficient (Wildman–Crippen LogP) is 3.26. The van der Waals surface area contributed by atoms with Crippen LogP contribution in [0.5, 0.6) is 0 Å². The first kappa shape index (κ1) is 18.9. The summed E-state index contributed by atoms with van der Waals surface area (Å²) in [7, 11) is 1.71. The van der Waals surface area contributed by atoms with E-state index in [1.165, 1.54) is 17.4 Å². The Bertz CT molecular complexity index is 1110. The molecule has 29 heavy (non-hydrogen) atoms. The highest BCUT2D eigenvalue weighted by atomic mass is 16.1. The summed E-state index contributed by atoms with van der Waals surface area (Å²) in [5.74, 6) is 0.250. The van der Waals surface area contributed by atoms with Crippen molar-refractivity contribution in [2.24, 2.45) is 7.05 Å². The van der Waals surface area contributed by atoms with Gasteiger partial charge in [0.25, 0.3) is 5.56 Å². The predicted molar refractivity (Wildman–Crippen MR) is 120 cm³/mol. The highest BCUT2D eigenvalue weighted by Crippen LogP contribution is 2.30. The van der Waals surface area contributed by atoms with Crippen molar-refractivity contribution in [2.75, 3.05) is 34.8 Å². The third-order valence-corrected chi connectivity index (χ3v) is 5.46. The molecule has 0 atom stereocenters. The Morgan fingerprint density at radius 1 is 1.07 bits per heavy atom. The van der Waals surface area contributed by atoms with Gasteiger partial charge in [-0.3, -0.25) is 4.79 Å². The molecule has 2 aromatic carbocycles. The number of aryl methyl sites for hydroxylation is 1. The maximum atomic E-state index is 12.6. The fourth-order valence-electron chi connectivity index (χ4n) is 3.76. The van der Waals surface area contributed by atoms with Crippen LogP contribution in [0.2, 0.25) is 0 Å². The topological polar surface area (TPSA) is 102 Å². The first-order valence-corrected chi connectivity index (χ1v) is 9.78.